The Balaban J connectivity index is 1.98. The van der Waals surface area contributed by atoms with Gasteiger partial charge < -0.3 is 15.8 Å². The van der Waals surface area contributed by atoms with Gasteiger partial charge in [-0.1, -0.05) is 0 Å². The van der Waals surface area contributed by atoms with Crippen molar-refractivity contribution in [3.05, 3.63) is 83.2 Å². The van der Waals surface area contributed by atoms with Gasteiger partial charge >= 0.3 is 6.18 Å². The van der Waals surface area contributed by atoms with E-state index in [9.17, 15) is 31.5 Å². The van der Waals surface area contributed by atoms with E-state index in [4.69, 9.17) is 10.5 Å². The van der Waals surface area contributed by atoms with Crippen LogP contribution in [0.4, 0.5) is 27.6 Å². The molecule has 0 fully saturated rings. The van der Waals surface area contributed by atoms with Crippen LogP contribution in [0.15, 0.2) is 54.7 Å². The van der Waals surface area contributed by atoms with Crippen LogP contribution in [0.5, 0.6) is 11.5 Å². The molecular weight excluding hydrogens is 425 g/mol. The van der Waals surface area contributed by atoms with Gasteiger partial charge in [0.1, 0.15) is 17.2 Å². The highest BCUT2D eigenvalue weighted by atomic mass is 19.4. The van der Waals surface area contributed by atoms with Gasteiger partial charge in [0.2, 0.25) is 0 Å². The Morgan fingerprint density at radius 2 is 1.71 bits per heavy atom. The smallest absolute Gasteiger partial charge is 0.416 e. The van der Waals surface area contributed by atoms with Gasteiger partial charge in [-0.05, 0) is 42.5 Å². The number of hydrogen-bond donors (Lipinski definition) is 2. The first-order valence-electron chi connectivity index (χ1n) is 8.46. The molecule has 0 aliphatic carbocycles. The number of alkyl halides is 3. The fourth-order valence-electron chi connectivity index (χ4n) is 2.48. The molecule has 0 aliphatic heterocycles. The molecule has 0 atom stereocenters. The van der Waals surface area contributed by atoms with Crippen molar-refractivity contribution < 1.29 is 36.3 Å². The number of halogens is 5. The Hall–Kier alpha value is -4.02. The Kier molecular flexibility index (Phi) is 5.86. The number of ether oxygens (including phenoxy) is 1. The Labute approximate surface area is 171 Å². The summed E-state index contributed by atoms with van der Waals surface area (Å²) in [6.45, 7) is 0. The number of amides is 2. The van der Waals surface area contributed by atoms with E-state index in [1.54, 1.807) is 0 Å². The SMILES string of the molecule is NC(=O)c1cc(NC(=O)c2ccc(C(F)(F)F)cc2Oc2ccc(F)c(F)c2)ccn1. The third kappa shape index (κ3) is 5.13. The van der Waals surface area contributed by atoms with E-state index in [-0.39, 0.29) is 22.7 Å². The molecule has 0 aliphatic rings. The maximum atomic E-state index is 13.4. The van der Waals surface area contributed by atoms with Crippen LogP contribution in [0.3, 0.4) is 0 Å². The molecule has 2 amide bonds. The number of nitrogens with two attached hydrogens (primary N) is 1. The molecule has 11 heteroatoms. The molecule has 6 nitrogen and oxygen atoms in total. The third-order valence-electron chi connectivity index (χ3n) is 3.94. The van der Waals surface area contributed by atoms with Crippen LogP contribution in [-0.2, 0) is 6.18 Å². The van der Waals surface area contributed by atoms with Crippen LogP contribution < -0.4 is 15.8 Å². The van der Waals surface area contributed by atoms with Crippen LogP contribution in [0.1, 0.15) is 26.4 Å². The largest absolute Gasteiger partial charge is 0.456 e. The number of nitrogens with zero attached hydrogens (tertiary/aromatic N) is 1. The number of primary amides is 1. The average molecular weight is 437 g/mol. The number of carbonyl (C=O) groups is 2. The van der Waals surface area contributed by atoms with Gasteiger partial charge in [0, 0.05) is 18.0 Å². The van der Waals surface area contributed by atoms with E-state index in [0.29, 0.717) is 18.2 Å². The summed E-state index contributed by atoms with van der Waals surface area (Å²) in [5.74, 6) is -5.10. The van der Waals surface area contributed by atoms with Gasteiger partial charge in [-0.2, -0.15) is 13.2 Å². The van der Waals surface area contributed by atoms with Crippen LogP contribution in [0, 0.1) is 11.6 Å². The van der Waals surface area contributed by atoms with Crippen molar-refractivity contribution in [1.29, 1.82) is 0 Å². The average Bonchev–Trinajstić information content (AvgIpc) is 2.70. The molecule has 3 rings (SSSR count). The summed E-state index contributed by atoms with van der Waals surface area (Å²) in [4.78, 5) is 27.6. The number of aromatic nitrogens is 1. The molecule has 0 radical (unpaired) electrons. The molecule has 0 spiro atoms. The highest BCUT2D eigenvalue weighted by molar-refractivity contribution is 6.06. The van der Waals surface area contributed by atoms with Gasteiger partial charge in [0.05, 0.1) is 11.1 Å². The van der Waals surface area contributed by atoms with Crippen LogP contribution in [0.2, 0.25) is 0 Å². The highest BCUT2D eigenvalue weighted by Gasteiger charge is 2.32. The number of rotatable bonds is 5. The van der Waals surface area contributed by atoms with Crippen molar-refractivity contribution in [2.45, 2.75) is 6.18 Å². The standard InChI is InChI=1S/C20H12F5N3O3/c21-14-4-2-12(9-15(14)22)31-17-7-10(20(23,24)25)1-3-13(17)19(30)28-11-5-6-27-16(8-11)18(26)29/h1-9H,(H2,26,29)(H,27,28,30). The Morgan fingerprint density at radius 3 is 2.35 bits per heavy atom. The van der Waals surface area contributed by atoms with Crippen molar-refractivity contribution in [2.24, 2.45) is 5.73 Å². The molecule has 3 aromatic rings. The summed E-state index contributed by atoms with van der Waals surface area (Å²) in [5, 5.41) is 2.38. The summed E-state index contributed by atoms with van der Waals surface area (Å²) >= 11 is 0. The van der Waals surface area contributed by atoms with Crippen LogP contribution in [-0.4, -0.2) is 16.8 Å². The van der Waals surface area contributed by atoms with Crippen molar-refractivity contribution in [1.82, 2.24) is 4.98 Å². The Morgan fingerprint density at radius 1 is 0.968 bits per heavy atom. The second-order valence-corrected chi connectivity index (χ2v) is 6.13. The number of hydrogen-bond acceptors (Lipinski definition) is 4. The lowest BCUT2D eigenvalue weighted by Gasteiger charge is -2.15. The van der Waals surface area contributed by atoms with E-state index < -0.39 is 40.9 Å². The zero-order chi connectivity index (χ0) is 22.8. The maximum Gasteiger partial charge on any atom is 0.416 e. The monoisotopic (exact) mass is 437 g/mol. The summed E-state index contributed by atoms with van der Waals surface area (Å²) in [7, 11) is 0. The minimum atomic E-state index is -4.75. The first-order chi connectivity index (χ1) is 14.5. The zero-order valence-corrected chi connectivity index (χ0v) is 15.3. The predicted molar refractivity (Wildman–Crippen MR) is 98.6 cm³/mol. The molecule has 1 aromatic heterocycles. The van der Waals surface area contributed by atoms with Crippen molar-refractivity contribution in [2.75, 3.05) is 5.32 Å². The summed E-state index contributed by atoms with van der Waals surface area (Å²) in [5.41, 5.74) is 3.60. The second kappa shape index (κ2) is 8.38. The van der Waals surface area contributed by atoms with E-state index in [1.165, 1.54) is 18.3 Å². The number of benzene rings is 2. The summed E-state index contributed by atoms with van der Waals surface area (Å²) in [6.07, 6.45) is -3.55. The lowest BCUT2D eigenvalue weighted by atomic mass is 10.1. The fourth-order valence-corrected chi connectivity index (χ4v) is 2.48. The number of pyridine rings is 1. The normalized spacial score (nSPS) is 11.1. The lowest BCUT2D eigenvalue weighted by Crippen LogP contribution is -2.16. The van der Waals surface area contributed by atoms with E-state index >= 15 is 0 Å². The molecular formula is C20H12F5N3O3. The minimum Gasteiger partial charge on any atom is -0.456 e. The fraction of sp³-hybridized carbons (Fsp3) is 0.0500. The maximum absolute atomic E-state index is 13.4. The molecule has 0 unspecified atom stereocenters. The van der Waals surface area contributed by atoms with Crippen LogP contribution >= 0.6 is 0 Å². The molecule has 0 bridgehead atoms. The molecule has 2 aromatic carbocycles. The molecule has 3 N–H and O–H groups in total. The lowest BCUT2D eigenvalue weighted by molar-refractivity contribution is -0.137. The molecule has 1 heterocycles. The number of nitrogens with one attached hydrogen (secondary N) is 1. The van der Waals surface area contributed by atoms with Gasteiger partial charge in [0.25, 0.3) is 11.8 Å². The van der Waals surface area contributed by atoms with Gasteiger partial charge in [-0.25, -0.2) is 8.78 Å². The van der Waals surface area contributed by atoms with E-state index in [2.05, 4.69) is 10.3 Å². The van der Waals surface area contributed by atoms with Crippen LogP contribution in [0.25, 0.3) is 0 Å². The molecule has 31 heavy (non-hydrogen) atoms. The third-order valence-corrected chi connectivity index (χ3v) is 3.94. The quantitative estimate of drug-likeness (QED) is 0.574. The van der Waals surface area contributed by atoms with Gasteiger partial charge in [0.15, 0.2) is 11.6 Å². The summed E-state index contributed by atoms with van der Waals surface area (Å²) < 4.78 is 71.1. The van der Waals surface area contributed by atoms with Crippen molar-refractivity contribution in [3.63, 3.8) is 0 Å². The summed E-state index contributed by atoms with van der Waals surface area (Å²) in [6, 6.07) is 6.90. The molecule has 0 saturated heterocycles. The second-order valence-electron chi connectivity index (χ2n) is 6.13. The first-order valence-corrected chi connectivity index (χ1v) is 8.46. The molecule has 160 valence electrons. The zero-order valence-electron chi connectivity index (χ0n) is 15.3. The van der Waals surface area contributed by atoms with Gasteiger partial charge in [-0.3, -0.25) is 14.6 Å². The topological polar surface area (TPSA) is 94.3 Å². The van der Waals surface area contributed by atoms with E-state index in [0.717, 1.165) is 18.2 Å². The molecule has 0 saturated carbocycles. The van der Waals surface area contributed by atoms with Crippen molar-refractivity contribution >= 4 is 17.5 Å². The Bertz CT molecular complexity index is 1170. The van der Waals surface area contributed by atoms with Gasteiger partial charge in [-0.15, -0.1) is 0 Å². The predicted octanol–water partition coefficient (Wildman–Crippen LogP) is 4.52. The minimum absolute atomic E-state index is 0.0903. The number of carbonyl (C=O) groups excluding carboxylic acids is 2. The first kappa shape index (κ1) is 21.7. The van der Waals surface area contributed by atoms with E-state index in [1.807, 2.05) is 0 Å². The highest BCUT2D eigenvalue weighted by Crippen LogP contribution is 2.35. The van der Waals surface area contributed by atoms with Crippen molar-refractivity contribution in [3.8, 4) is 11.5 Å². The number of anilines is 1.